The first-order valence-corrected chi connectivity index (χ1v) is 3.30. The Morgan fingerprint density at radius 1 is 1.44 bits per heavy atom. The van der Waals surface area contributed by atoms with E-state index in [1.165, 1.54) is 0 Å². The molecule has 0 aromatic carbocycles. The predicted molar refractivity (Wildman–Crippen MR) is 29.5 cm³/mol. The van der Waals surface area contributed by atoms with E-state index in [0.29, 0.717) is 6.42 Å². The zero-order valence-corrected chi connectivity index (χ0v) is 5.03. The van der Waals surface area contributed by atoms with Gasteiger partial charge in [0.15, 0.2) is 0 Å². The Labute approximate surface area is 52.4 Å². The smallest absolute Gasteiger partial charge is 0.263 e. The van der Waals surface area contributed by atoms with Crippen LogP contribution in [0.15, 0.2) is 0 Å². The zero-order valence-electron chi connectivity index (χ0n) is 5.03. The molecular weight excluding hydrogens is 124 g/mol. The third-order valence-electron chi connectivity index (χ3n) is 2.29. The van der Waals surface area contributed by atoms with Crippen LogP contribution in [0.1, 0.15) is 12.8 Å². The van der Waals surface area contributed by atoms with Gasteiger partial charge in [-0.05, 0) is 18.9 Å². The summed E-state index contributed by atoms with van der Waals surface area (Å²) in [6, 6.07) is -0.498. The third kappa shape index (κ3) is 0.674. The number of rotatable bonds is 0. The number of hydrogen-bond donors (Lipinski definition) is 1. The number of nitrogens with one attached hydrogen (secondary N) is 1. The van der Waals surface area contributed by atoms with Gasteiger partial charge in [-0.15, -0.1) is 0 Å². The summed E-state index contributed by atoms with van der Waals surface area (Å²) in [6.07, 6.45) is 0.803. The molecule has 9 heavy (non-hydrogen) atoms. The molecule has 0 unspecified atom stereocenters. The lowest BCUT2D eigenvalue weighted by Gasteiger charge is -2.21. The first-order valence-electron chi connectivity index (χ1n) is 3.30. The maximum absolute atomic E-state index is 12.6. The van der Waals surface area contributed by atoms with E-state index >= 15 is 0 Å². The largest absolute Gasteiger partial charge is 0.308 e. The molecule has 2 atom stereocenters. The van der Waals surface area contributed by atoms with Crippen molar-refractivity contribution < 1.29 is 8.78 Å². The van der Waals surface area contributed by atoms with E-state index in [0.717, 1.165) is 6.54 Å². The first kappa shape index (κ1) is 5.59. The molecule has 1 N–H and O–H groups in total. The van der Waals surface area contributed by atoms with Crippen LogP contribution in [-0.4, -0.2) is 18.5 Å². The number of halogens is 2. The molecule has 0 amide bonds. The predicted octanol–water partition coefficient (Wildman–Crippen LogP) is 1.00. The van der Waals surface area contributed by atoms with Crippen LogP contribution in [0.4, 0.5) is 8.78 Å². The summed E-state index contributed by atoms with van der Waals surface area (Å²) in [5.41, 5.74) is 0. The Bertz CT molecular complexity index is 135. The molecule has 1 heterocycles. The van der Waals surface area contributed by atoms with Gasteiger partial charge in [-0.1, -0.05) is 0 Å². The van der Waals surface area contributed by atoms with Crippen LogP contribution in [0.5, 0.6) is 0 Å². The van der Waals surface area contributed by atoms with E-state index in [1.807, 2.05) is 0 Å². The average molecular weight is 133 g/mol. The molecule has 0 radical (unpaired) electrons. The SMILES string of the molecule is FC1(F)C[C@@H]2CN[C@H]1C2. The third-order valence-corrected chi connectivity index (χ3v) is 2.29. The minimum Gasteiger partial charge on any atom is -0.308 e. The molecule has 0 aromatic heterocycles. The van der Waals surface area contributed by atoms with Gasteiger partial charge in [0, 0.05) is 6.42 Å². The lowest BCUT2D eigenvalue weighted by Crippen LogP contribution is -2.41. The van der Waals surface area contributed by atoms with E-state index in [-0.39, 0.29) is 12.3 Å². The maximum Gasteiger partial charge on any atom is 0.263 e. The number of alkyl halides is 2. The van der Waals surface area contributed by atoms with Crippen LogP contribution < -0.4 is 5.32 Å². The summed E-state index contributed by atoms with van der Waals surface area (Å²) in [4.78, 5) is 0. The fraction of sp³-hybridized carbons (Fsp3) is 1.00. The molecule has 1 saturated carbocycles. The van der Waals surface area contributed by atoms with E-state index < -0.39 is 12.0 Å². The fourth-order valence-corrected chi connectivity index (χ4v) is 1.81. The van der Waals surface area contributed by atoms with Crippen LogP contribution in [0.2, 0.25) is 0 Å². The van der Waals surface area contributed by atoms with E-state index in [4.69, 9.17) is 0 Å². The molecule has 2 bridgehead atoms. The summed E-state index contributed by atoms with van der Waals surface area (Å²) >= 11 is 0. The Morgan fingerprint density at radius 3 is 2.44 bits per heavy atom. The Morgan fingerprint density at radius 2 is 2.22 bits per heavy atom. The summed E-state index contributed by atoms with van der Waals surface area (Å²) in [6.45, 7) is 0.806. The maximum atomic E-state index is 12.6. The van der Waals surface area contributed by atoms with Crippen molar-refractivity contribution in [2.75, 3.05) is 6.54 Å². The van der Waals surface area contributed by atoms with Crippen molar-refractivity contribution in [1.82, 2.24) is 5.32 Å². The fourth-order valence-electron chi connectivity index (χ4n) is 1.81. The minimum absolute atomic E-state index is 0.116. The number of hydrogen-bond acceptors (Lipinski definition) is 1. The molecule has 2 fully saturated rings. The first-order chi connectivity index (χ1) is 4.18. The second-order valence-corrected chi connectivity index (χ2v) is 3.03. The lowest BCUT2D eigenvalue weighted by atomic mass is 10.1. The summed E-state index contributed by atoms with van der Waals surface area (Å²) < 4.78 is 25.2. The normalized spacial score (nSPS) is 46.0. The molecule has 1 nitrogen and oxygen atoms in total. The summed E-state index contributed by atoms with van der Waals surface area (Å²) in [5.74, 6) is -2.15. The highest BCUT2D eigenvalue weighted by molar-refractivity contribution is 5.00. The Kier molecular flexibility index (Phi) is 0.903. The molecule has 1 saturated heterocycles. The highest BCUT2D eigenvalue weighted by Crippen LogP contribution is 2.42. The van der Waals surface area contributed by atoms with Crippen molar-refractivity contribution in [2.45, 2.75) is 24.8 Å². The van der Waals surface area contributed by atoms with Crippen LogP contribution in [-0.2, 0) is 0 Å². The monoisotopic (exact) mass is 133 g/mol. The molecule has 3 heteroatoms. The van der Waals surface area contributed by atoms with Crippen LogP contribution in [0.3, 0.4) is 0 Å². The standard InChI is InChI=1S/C6H9F2N/c7-6(8)2-4-1-5(6)9-3-4/h4-5,9H,1-3H2/t4-,5+/m1/s1. The van der Waals surface area contributed by atoms with E-state index in [1.54, 1.807) is 0 Å². The number of piperidine rings is 1. The van der Waals surface area contributed by atoms with Gasteiger partial charge < -0.3 is 5.32 Å². The van der Waals surface area contributed by atoms with Crippen molar-refractivity contribution in [3.05, 3.63) is 0 Å². The van der Waals surface area contributed by atoms with E-state index in [2.05, 4.69) is 5.32 Å². The van der Waals surface area contributed by atoms with Gasteiger partial charge in [0.25, 0.3) is 5.92 Å². The van der Waals surface area contributed by atoms with Crippen molar-refractivity contribution >= 4 is 0 Å². The van der Waals surface area contributed by atoms with Gasteiger partial charge in [-0.25, -0.2) is 8.78 Å². The van der Waals surface area contributed by atoms with Gasteiger partial charge >= 0.3 is 0 Å². The van der Waals surface area contributed by atoms with Gasteiger partial charge in [-0.2, -0.15) is 0 Å². The van der Waals surface area contributed by atoms with Gasteiger partial charge in [-0.3, -0.25) is 0 Å². The zero-order chi connectivity index (χ0) is 6.48. The molecule has 0 spiro atoms. The molecule has 2 aliphatic rings. The highest BCUT2D eigenvalue weighted by Gasteiger charge is 2.52. The van der Waals surface area contributed by atoms with Crippen LogP contribution >= 0.6 is 0 Å². The minimum atomic E-state index is -2.40. The Hall–Kier alpha value is -0.180. The molecule has 52 valence electrons. The number of fused-ring (bicyclic) bond motifs is 2. The topological polar surface area (TPSA) is 12.0 Å². The molecule has 0 aromatic rings. The summed E-state index contributed by atoms with van der Waals surface area (Å²) in [5, 5.41) is 2.80. The van der Waals surface area contributed by atoms with Crippen LogP contribution in [0.25, 0.3) is 0 Å². The second kappa shape index (κ2) is 1.45. The van der Waals surface area contributed by atoms with Crippen molar-refractivity contribution in [2.24, 2.45) is 5.92 Å². The van der Waals surface area contributed by atoms with Crippen molar-refractivity contribution in [3.8, 4) is 0 Å². The van der Waals surface area contributed by atoms with Gasteiger partial charge in [0.05, 0.1) is 6.04 Å². The molecule has 1 aliphatic heterocycles. The van der Waals surface area contributed by atoms with Gasteiger partial charge in [0.2, 0.25) is 0 Å². The highest BCUT2D eigenvalue weighted by atomic mass is 19.3. The molecule has 2 rings (SSSR count). The Balaban J connectivity index is 2.18. The van der Waals surface area contributed by atoms with Crippen LogP contribution in [0, 0.1) is 5.92 Å². The molecule has 1 aliphatic carbocycles. The quantitative estimate of drug-likeness (QED) is 0.520. The average Bonchev–Trinajstić information content (AvgIpc) is 2.19. The van der Waals surface area contributed by atoms with E-state index in [9.17, 15) is 8.78 Å². The van der Waals surface area contributed by atoms with Crippen molar-refractivity contribution in [3.63, 3.8) is 0 Å². The second-order valence-electron chi connectivity index (χ2n) is 3.03. The van der Waals surface area contributed by atoms with Crippen molar-refractivity contribution in [1.29, 1.82) is 0 Å². The van der Waals surface area contributed by atoms with Gasteiger partial charge in [0.1, 0.15) is 0 Å². The lowest BCUT2D eigenvalue weighted by molar-refractivity contribution is -0.0304. The molecular formula is C6H9F2N. The summed E-state index contributed by atoms with van der Waals surface area (Å²) in [7, 11) is 0.